The third-order valence-electron chi connectivity index (χ3n) is 4.67. The SMILES string of the molecule is O=S(=O)(c1ccccc1Cl)N1CC2CC2(C#Cc2ccccn2)C1. The van der Waals surface area contributed by atoms with Crippen LogP contribution < -0.4 is 0 Å². The van der Waals surface area contributed by atoms with E-state index >= 15 is 0 Å². The molecule has 24 heavy (non-hydrogen) atoms. The monoisotopic (exact) mass is 358 g/mol. The predicted molar refractivity (Wildman–Crippen MR) is 91.9 cm³/mol. The van der Waals surface area contributed by atoms with E-state index in [1.165, 1.54) is 4.31 Å². The molecule has 122 valence electrons. The molecule has 1 aliphatic carbocycles. The molecule has 0 amide bonds. The summed E-state index contributed by atoms with van der Waals surface area (Å²) in [5.74, 6) is 6.65. The number of halogens is 1. The smallest absolute Gasteiger partial charge is 0.244 e. The summed E-state index contributed by atoms with van der Waals surface area (Å²) in [5.41, 5.74) is 0.483. The van der Waals surface area contributed by atoms with Gasteiger partial charge in [-0.05, 0) is 42.5 Å². The van der Waals surface area contributed by atoms with Crippen LogP contribution in [0.15, 0.2) is 53.6 Å². The van der Waals surface area contributed by atoms with Crippen LogP contribution >= 0.6 is 11.6 Å². The quantitative estimate of drug-likeness (QED) is 0.776. The van der Waals surface area contributed by atoms with Crippen molar-refractivity contribution in [3.63, 3.8) is 0 Å². The molecule has 0 radical (unpaired) electrons. The minimum Gasteiger partial charge on any atom is -0.248 e. The molecule has 4 rings (SSSR count). The first-order valence-electron chi connectivity index (χ1n) is 7.70. The highest BCUT2D eigenvalue weighted by Crippen LogP contribution is 2.58. The highest BCUT2D eigenvalue weighted by molar-refractivity contribution is 7.89. The zero-order chi connectivity index (χ0) is 16.8. The molecule has 2 aliphatic rings. The highest BCUT2D eigenvalue weighted by atomic mass is 35.5. The average Bonchev–Trinajstić information content (AvgIpc) is 3.14. The van der Waals surface area contributed by atoms with Crippen LogP contribution in [0.2, 0.25) is 5.02 Å². The Balaban J connectivity index is 1.58. The van der Waals surface area contributed by atoms with Crippen molar-refractivity contribution in [2.75, 3.05) is 13.1 Å². The van der Waals surface area contributed by atoms with Crippen molar-refractivity contribution in [2.24, 2.45) is 11.3 Å². The summed E-state index contributed by atoms with van der Waals surface area (Å²) in [5, 5.41) is 0.256. The van der Waals surface area contributed by atoms with Gasteiger partial charge in [0.25, 0.3) is 0 Å². The van der Waals surface area contributed by atoms with E-state index < -0.39 is 10.0 Å². The van der Waals surface area contributed by atoms with E-state index in [-0.39, 0.29) is 15.3 Å². The van der Waals surface area contributed by atoms with Gasteiger partial charge in [0.1, 0.15) is 10.6 Å². The Labute approximate surface area is 146 Å². The number of hydrogen-bond donors (Lipinski definition) is 0. The van der Waals surface area contributed by atoms with Crippen molar-refractivity contribution in [1.29, 1.82) is 0 Å². The minimum absolute atomic E-state index is 0.167. The van der Waals surface area contributed by atoms with Crippen LogP contribution in [0.25, 0.3) is 0 Å². The molecule has 4 nitrogen and oxygen atoms in total. The number of piperidine rings is 1. The van der Waals surface area contributed by atoms with E-state index in [4.69, 9.17) is 11.6 Å². The van der Waals surface area contributed by atoms with Crippen LogP contribution in [-0.2, 0) is 10.0 Å². The van der Waals surface area contributed by atoms with Gasteiger partial charge in [0.2, 0.25) is 10.0 Å². The van der Waals surface area contributed by atoms with Gasteiger partial charge in [-0.2, -0.15) is 4.31 Å². The van der Waals surface area contributed by atoms with Gasteiger partial charge in [-0.1, -0.05) is 35.7 Å². The fourth-order valence-electron chi connectivity index (χ4n) is 3.23. The van der Waals surface area contributed by atoms with Gasteiger partial charge < -0.3 is 0 Å². The third kappa shape index (κ3) is 2.61. The van der Waals surface area contributed by atoms with Crippen molar-refractivity contribution in [3.05, 3.63) is 59.4 Å². The Morgan fingerprint density at radius 3 is 2.75 bits per heavy atom. The number of benzene rings is 1. The van der Waals surface area contributed by atoms with Crippen LogP contribution in [0.4, 0.5) is 0 Å². The lowest BCUT2D eigenvalue weighted by molar-refractivity contribution is 0.430. The van der Waals surface area contributed by atoms with Crippen molar-refractivity contribution in [3.8, 4) is 11.8 Å². The predicted octanol–water partition coefficient (Wildman–Crippen LogP) is 2.80. The normalized spacial score (nSPS) is 25.6. The summed E-state index contributed by atoms with van der Waals surface area (Å²) < 4.78 is 27.1. The topological polar surface area (TPSA) is 50.3 Å². The van der Waals surface area contributed by atoms with Crippen molar-refractivity contribution < 1.29 is 8.42 Å². The van der Waals surface area contributed by atoms with Crippen LogP contribution in [0, 0.1) is 23.2 Å². The van der Waals surface area contributed by atoms with E-state index in [0.717, 1.165) is 6.42 Å². The highest BCUT2D eigenvalue weighted by Gasteiger charge is 2.61. The second kappa shape index (κ2) is 5.59. The van der Waals surface area contributed by atoms with Gasteiger partial charge in [0.15, 0.2) is 0 Å². The van der Waals surface area contributed by atoms with Crippen molar-refractivity contribution in [2.45, 2.75) is 11.3 Å². The maximum atomic E-state index is 12.8. The number of sulfonamides is 1. The van der Waals surface area contributed by atoms with Gasteiger partial charge in [0.05, 0.1) is 10.4 Å². The molecule has 1 aromatic heterocycles. The molecule has 0 bridgehead atoms. The molecule has 2 aromatic rings. The zero-order valence-electron chi connectivity index (χ0n) is 12.8. The summed E-state index contributed by atoms with van der Waals surface area (Å²) >= 11 is 6.07. The van der Waals surface area contributed by atoms with E-state index in [9.17, 15) is 8.42 Å². The molecular weight excluding hydrogens is 344 g/mol. The van der Waals surface area contributed by atoms with Crippen molar-refractivity contribution in [1.82, 2.24) is 9.29 Å². The van der Waals surface area contributed by atoms with Gasteiger partial charge in [-0.3, -0.25) is 0 Å². The number of hydrogen-bond acceptors (Lipinski definition) is 3. The zero-order valence-corrected chi connectivity index (χ0v) is 14.4. The second-order valence-electron chi connectivity index (χ2n) is 6.25. The van der Waals surface area contributed by atoms with Crippen molar-refractivity contribution >= 4 is 21.6 Å². The van der Waals surface area contributed by atoms with Gasteiger partial charge in [-0.15, -0.1) is 0 Å². The fraction of sp³-hybridized carbons (Fsp3) is 0.278. The minimum atomic E-state index is -3.57. The lowest BCUT2D eigenvalue weighted by atomic mass is 10.1. The summed E-state index contributed by atoms with van der Waals surface area (Å²) in [7, 11) is -3.57. The maximum absolute atomic E-state index is 12.8. The van der Waals surface area contributed by atoms with Gasteiger partial charge >= 0.3 is 0 Å². The number of nitrogens with zero attached hydrogens (tertiary/aromatic N) is 2. The summed E-state index contributed by atoms with van der Waals surface area (Å²) in [6.07, 6.45) is 2.65. The number of aromatic nitrogens is 1. The molecule has 2 fully saturated rings. The molecule has 6 heteroatoms. The first-order chi connectivity index (χ1) is 11.5. The van der Waals surface area contributed by atoms with Gasteiger partial charge in [0, 0.05) is 19.3 Å². The van der Waals surface area contributed by atoms with E-state index in [0.29, 0.717) is 24.7 Å². The molecule has 2 atom stereocenters. The first kappa shape index (κ1) is 15.6. The second-order valence-corrected chi connectivity index (χ2v) is 8.56. The van der Waals surface area contributed by atoms with E-state index in [1.54, 1.807) is 30.5 Å². The number of pyridine rings is 1. The van der Waals surface area contributed by atoms with Crippen LogP contribution in [0.5, 0.6) is 0 Å². The van der Waals surface area contributed by atoms with E-state index in [2.05, 4.69) is 16.8 Å². The molecule has 1 saturated carbocycles. The van der Waals surface area contributed by atoms with Gasteiger partial charge in [-0.25, -0.2) is 13.4 Å². The standard InChI is InChI=1S/C18H15ClN2O2S/c19-16-6-1-2-7-17(16)24(22,23)21-12-14-11-18(14,13-21)9-8-15-5-3-4-10-20-15/h1-7,10,14H,11-13H2. The number of fused-ring (bicyclic) bond motifs is 1. The van der Waals surface area contributed by atoms with Crippen LogP contribution in [0.3, 0.4) is 0 Å². The molecular formula is C18H15ClN2O2S. The Hall–Kier alpha value is -1.87. The largest absolute Gasteiger partial charge is 0.248 e. The summed E-state index contributed by atoms with van der Waals surface area (Å²) in [4.78, 5) is 4.36. The molecule has 2 heterocycles. The Kier molecular flexibility index (Phi) is 3.65. The lowest BCUT2D eigenvalue weighted by Crippen LogP contribution is -2.32. The fourth-order valence-corrected chi connectivity index (χ4v) is 5.28. The van der Waals surface area contributed by atoms with Crippen LogP contribution in [0.1, 0.15) is 12.1 Å². The summed E-state index contributed by atoms with van der Waals surface area (Å²) in [6.45, 7) is 0.926. The Morgan fingerprint density at radius 1 is 1.21 bits per heavy atom. The average molecular weight is 359 g/mol. The molecule has 0 spiro atoms. The third-order valence-corrected chi connectivity index (χ3v) is 6.98. The Morgan fingerprint density at radius 2 is 2.00 bits per heavy atom. The Bertz CT molecular complexity index is 950. The lowest BCUT2D eigenvalue weighted by Gasteiger charge is -2.19. The van der Waals surface area contributed by atoms with E-state index in [1.807, 2.05) is 18.2 Å². The molecule has 2 unspecified atom stereocenters. The maximum Gasteiger partial charge on any atom is 0.244 e. The number of rotatable bonds is 2. The molecule has 1 saturated heterocycles. The molecule has 1 aromatic carbocycles. The van der Waals surface area contributed by atoms with Crippen LogP contribution in [-0.4, -0.2) is 30.8 Å². The molecule has 0 N–H and O–H groups in total. The first-order valence-corrected chi connectivity index (χ1v) is 9.52. The summed E-state index contributed by atoms with van der Waals surface area (Å²) in [6, 6.07) is 12.2. The molecule has 1 aliphatic heterocycles.